The van der Waals surface area contributed by atoms with Crippen LogP contribution in [0.15, 0.2) is 24.3 Å². The van der Waals surface area contributed by atoms with Crippen LogP contribution in [-0.2, 0) is 9.59 Å². The molecule has 0 amide bonds. The van der Waals surface area contributed by atoms with Crippen LogP contribution in [0.5, 0.6) is 11.5 Å². The summed E-state index contributed by atoms with van der Waals surface area (Å²) in [4.78, 5) is 21.4. The minimum Gasteiger partial charge on any atom is -0.423 e. The minimum atomic E-state index is -0.454. The fourth-order valence-electron chi connectivity index (χ4n) is 0.928. The molecule has 0 radical (unpaired) electrons. The van der Waals surface area contributed by atoms with Crippen molar-refractivity contribution in [2.45, 2.75) is 13.8 Å². The van der Waals surface area contributed by atoms with Crippen LogP contribution in [0.4, 0.5) is 0 Å². The zero-order valence-electron chi connectivity index (χ0n) is 8.35. The summed E-state index contributed by atoms with van der Waals surface area (Å²) in [5.74, 6) is -0.417. The number of carbonyl (C=O) groups is 2. The number of ether oxygens (including phenoxy) is 2. The summed E-state index contributed by atoms with van der Waals surface area (Å²) in [5, 5.41) is 0. The van der Waals surface area contributed by atoms with E-state index in [0.717, 1.165) is 0 Å². The van der Waals surface area contributed by atoms with Crippen LogP contribution in [0.3, 0.4) is 0 Å². The molecule has 0 atom stereocenters. The van der Waals surface area contributed by atoms with Gasteiger partial charge in [-0.15, -0.1) is 24.0 Å². The first-order valence-electron chi connectivity index (χ1n) is 4.05. The molecule has 4 nitrogen and oxygen atoms in total. The van der Waals surface area contributed by atoms with Crippen LogP contribution in [0.2, 0.25) is 0 Å². The predicted molar refractivity (Wildman–Crippen MR) is 64.5 cm³/mol. The number of hydrogen-bond acceptors (Lipinski definition) is 4. The van der Waals surface area contributed by atoms with E-state index in [0.29, 0.717) is 0 Å². The maximum absolute atomic E-state index is 10.7. The molecule has 0 aliphatic carbocycles. The minimum absolute atomic E-state index is 0. The Labute approximate surface area is 105 Å². The van der Waals surface area contributed by atoms with Crippen molar-refractivity contribution in [2.75, 3.05) is 0 Å². The highest BCUT2D eigenvalue weighted by Gasteiger charge is 2.07. The molecule has 0 bridgehead atoms. The lowest BCUT2D eigenvalue weighted by molar-refractivity contribution is -0.134. The Morgan fingerprint density at radius 1 is 0.933 bits per heavy atom. The lowest BCUT2D eigenvalue weighted by Gasteiger charge is -2.06. The number of para-hydroxylation sites is 2. The van der Waals surface area contributed by atoms with E-state index < -0.39 is 11.9 Å². The highest BCUT2D eigenvalue weighted by molar-refractivity contribution is 14.0. The fourth-order valence-corrected chi connectivity index (χ4v) is 0.928. The summed E-state index contributed by atoms with van der Waals surface area (Å²) in [6.45, 7) is 2.56. The van der Waals surface area contributed by atoms with Crippen LogP contribution in [0.25, 0.3) is 0 Å². The Kier molecular flexibility index (Phi) is 5.92. The predicted octanol–water partition coefficient (Wildman–Crippen LogP) is 2.16. The van der Waals surface area contributed by atoms with E-state index in [4.69, 9.17) is 9.47 Å². The van der Waals surface area contributed by atoms with Crippen molar-refractivity contribution >= 4 is 35.9 Å². The Hall–Kier alpha value is -1.11. The van der Waals surface area contributed by atoms with Gasteiger partial charge >= 0.3 is 11.9 Å². The van der Waals surface area contributed by atoms with Gasteiger partial charge in [0.25, 0.3) is 0 Å². The Bertz CT molecular complexity index is 327. The first-order valence-corrected chi connectivity index (χ1v) is 4.05. The average molecular weight is 322 g/mol. The van der Waals surface area contributed by atoms with Gasteiger partial charge in [-0.05, 0) is 12.1 Å². The van der Waals surface area contributed by atoms with Gasteiger partial charge in [-0.2, -0.15) is 0 Å². The lowest BCUT2D eigenvalue weighted by Crippen LogP contribution is -2.06. The second-order valence-electron chi connectivity index (χ2n) is 2.63. The second-order valence-corrected chi connectivity index (χ2v) is 2.63. The van der Waals surface area contributed by atoms with E-state index in [1.165, 1.54) is 13.8 Å². The Balaban J connectivity index is 0.00000196. The maximum atomic E-state index is 10.7. The van der Waals surface area contributed by atoms with Gasteiger partial charge in [0, 0.05) is 13.8 Å². The molecule has 82 valence electrons. The Morgan fingerprint density at radius 3 is 1.53 bits per heavy atom. The van der Waals surface area contributed by atoms with E-state index >= 15 is 0 Å². The van der Waals surface area contributed by atoms with Gasteiger partial charge < -0.3 is 9.47 Å². The lowest BCUT2D eigenvalue weighted by atomic mass is 10.3. The van der Waals surface area contributed by atoms with Gasteiger partial charge in [0.05, 0.1) is 0 Å². The van der Waals surface area contributed by atoms with E-state index in [1.54, 1.807) is 24.3 Å². The monoisotopic (exact) mass is 322 g/mol. The molecule has 0 heterocycles. The molecule has 15 heavy (non-hydrogen) atoms. The smallest absolute Gasteiger partial charge is 0.308 e. The van der Waals surface area contributed by atoms with E-state index in [1.807, 2.05) is 0 Å². The molecule has 1 aromatic rings. The molecular formula is C10H11IO4. The number of halogens is 1. The summed E-state index contributed by atoms with van der Waals surface area (Å²) in [5.41, 5.74) is 0. The normalized spacial score (nSPS) is 8.67. The quantitative estimate of drug-likeness (QED) is 0.476. The van der Waals surface area contributed by atoms with Gasteiger partial charge in [-0.25, -0.2) is 0 Å². The van der Waals surface area contributed by atoms with Gasteiger partial charge in [-0.1, -0.05) is 12.1 Å². The average Bonchev–Trinajstić information content (AvgIpc) is 2.06. The molecule has 0 aromatic heterocycles. The zero-order chi connectivity index (χ0) is 10.6. The van der Waals surface area contributed by atoms with Gasteiger partial charge in [-0.3, -0.25) is 9.59 Å². The molecule has 1 aromatic carbocycles. The molecule has 0 saturated carbocycles. The third kappa shape index (κ3) is 4.78. The third-order valence-electron chi connectivity index (χ3n) is 1.36. The molecule has 0 aliphatic heterocycles. The van der Waals surface area contributed by atoms with Crippen molar-refractivity contribution in [1.29, 1.82) is 0 Å². The Morgan fingerprint density at radius 2 is 1.27 bits per heavy atom. The molecule has 0 fully saturated rings. The summed E-state index contributed by atoms with van der Waals surface area (Å²) in [6, 6.07) is 6.48. The molecule has 1 rings (SSSR count). The number of hydrogen-bond donors (Lipinski definition) is 0. The first kappa shape index (κ1) is 13.9. The van der Waals surface area contributed by atoms with Crippen molar-refractivity contribution in [2.24, 2.45) is 0 Å². The van der Waals surface area contributed by atoms with Crippen molar-refractivity contribution in [3.8, 4) is 11.5 Å². The van der Waals surface area contributed by atoms with Crippen molar-refractivity contribution in [1.82, 2.24) is 0 Å². The molecule has 0 spiro atoms. The maximum Gasteiger partial charge on any atom is 0.308 e. The van der Waals surface area contributed by atoms with Crippen LogP contribution in [-0.4, -0.2) is 11.9 Å². The van der Waals surface area contributed by atoms with E-state index in [2.05, 4.69) is 0 Å². The topological polar surface area (TPSA) is 52.6 Å². The van der Waals surface area contributed by atoms with Crippen LogP contribution in [0, 0.1) is 0 Å². The summed E-state index contributed by atoms with van der Waals surface area (Å²) < 4.78 is 9.66. The standard InChI is InChI=1S/C10H10O4.HI/c1-7(11)13-9-5-3-4-6-10(9)14-8(2)12;/h3-6H,1-2H3;1H. The highest BCUT2D eigenvalue weighted by atomic mass is 127. The SMILES string of the molecule is CC(=O)Oc1ccccc1OC(C)=O.I. The van der Waals surface area contributed by atoms with Crippen LogP contribution >= 0.6 is 24.0 Å². The number of rotatable bonds is 2. The van der Waals surface area contributed by atoms with E-state index in [-0.39, 0.29) is 35.5 Å². The van der Waals surface area contributed by atoms with Crippen molar-refractivity contribution < 1.29 is 19.1 Å². The van der Waals surface area contributed by atoms with Gasteiger partial charge in [0.2, 0.25) is 0 Å². The van der Waals surface area contributed by atoms with E-state index in [9.17, 15) is 9.59 Å². The number of esters is 2. The highest BCUT2D eigenvalue weighted by Crippen LogP contribution is 2.26. The zero-order valence-corrected chi connectivity index (χ0v) is 10.7. The molecular weight excluding hydrogens is 311 g/mol. The van der Waals surface area contributed by atoms with Crippen molar-refractivity contribution in [3.63, 3.8) is 0 Å². The molecule has 5 heteroatoms. The summed E-state index contributed by atoms with van der Waals surface area (Å²) in [6.07, 6.45) is 0. The van der Waals surface area contributed by atoms with Crippen LogP contribution < -0.4 is 9.47 Å². The summed E-state index contributed by atoms with van der Waals surface area (Å²) >= 11 is 0. The van der Waals surface area contributed by atoms with Gasteiger partial charge in [0.1, 0.15) is 0 Å². The molecule has 0 N–H and O–H groups in total. The van der Waals surface area contributed by atoms with Crippen LogP contribution in [0.1, 0.15) is 13.8 Å². The molecule has 0 aliphatic rings. The molecule has 0 saturated heterocycles. The largest absolute Gasteiger partial charge is 0.423 e. The third-order valence-corrected chi connectivity index (χ3v) is 1.36. The second kappa shape index (κ2) is 6.39. The first-order chi connectivity index (χ1) is 6.59. The summed E-state index contributed by atoms with van der Waals surface area (Å²) in [7, 11) is 0. The van der Waals surface area contributed by atoms with Crippen molar-refractivity contribution in [3.05, 3.63) is 24.3 Å². The van der Waals surface area contributed by atoms with Gasteiger partial charge in [0.15, 0.2) is 11.5 Å². The number of carbonyl (C=O) groups excluding carboxylic acids is 2. The molecule has 0 unspecified atom stereocenters. The number of benzene rings is 1. The fraction of sp³-hybridized carbons (Fsp3) is 0.200.